The second kappa shape index (κ2) is 8.06. The van der Waals surface area contributed by atoms with E-state index in [1.807, 2.05) is 38.2 Å². The van der Waals surface area contributed by atoms with E-state index in [-0.39, 0.29) is 6.03 Å². The SMILES string of the molecule is Cc1ccccc1OCCN(C)C(=O)N[C@H]1CCCC[C@H]1C. The molecule has 0 unspecified atom stereocenters. The zero-order valence-electron chi connectivity index (χ0n) is 14.0. The molecule has 2 atom stereocenters. The van der Waals surface area contributed by atoms with Crippen LogP contribution in [0, 0.1) is 12.8 Å². The largest absolute Gasteiger partial charge is 0.491 e. The van der Waals surface area contributed by atoms with Crippen molar-refractivity contribution in [2.75, 3.05) is 20.2 Å². The Balaban J connectivity index is 1.73. The van der Waals surface area contributed by atoms with E-state index in [2.05, 4.69) is 12.2 Å². The van der Waals surface area contributed by atoms with Gasteiger partial charge in [0.25, 0.3) is 0 Å². The summed E-state index contributed by atoms with van der Waals surface area (Å²) in [4.78, 5) is 13.9. The number of rotatable bonds is 5. The van der Waals surface area contributed by atoms with Gasteiger partial charge in [-0.3, -0.25) is 0 Å². The number of urea groups is 1. The highest BCUT2D eigenvalue weighted by Gasteiger charge is 2.23. The van der Waals surface area contributed by atoms with Crippen LogP contribution in [0.3, 0.4) is 0 Å². The summed E-state index contributed by atoms with van der Waals surface area (Å²) in [6.45, 7) is 5.35. The first-order chi connectivity index (χ1) is 10.6. The number of amides is 2. The lowest BCUT2D eigenvalue weighted by Gasteiger charge is -2.31. The van der Waals surface area contributed by atoms with E-state index in [1.165, 1.54) is 19.3 Å². The Hall–Kier alpha value is -1.71. The Bertz CT molecular complexity index is 490. The third kappa shape index (κ3) is 4.65. The van der Waals surface area contributed by atoms with Crippen molar-refractivity contribution in [1.82, 2.24) is 10.2 Å². The molecule has 1 saturated carbocycles. The quantitative estimate of drug-likeness (QED) is 0.903. The van der Waals surface area contributed by atoms with Gasteiger partial charge in [-0.05, 0) is 37.3 Å². The van der Waals surface area contributed by atoms with E-state index < -0.39 is 0 Å². The molecule has 0 spiro atoms. The number of aryl methyl sites for hydroxylation is 1. The van der Waals surface area contributed by atoms with Gasteiger partial charge in [-0.25, -0.2) is 4.79 Å². The summed E-state index contributed by atoms with van der Waals surface area (Å²) in [5.74, 6) is 1.46. The fourth-order valence-corrected chi connectivity index (χ4v) is 2.91. The molecule has 122 valence electrons. The van der Waals surface area contributed by atoms with Gasteiger partial charge in [0.1, 0.15) is 12.4 Å². The van der Waals surface area contributed by atoms with Crippen LogP contribution in [0.2, 0.25) is 0 Å². The number of carbonyl (C=O) groups excluding carboxylic acids is 1. The molecule has 1 aromatic carbocycles. The molecule has 2 amide bonds. The molecule has 1 aliphatic rings. The highest BCUT2D eigenvalue weighted by molar-refractivity contribution is 5.74. The Kier molecular flexibility index (Phi) is 6.10. The van der Waals surface area contributed by atoms with E-state index in [1.54, 1.807) is 4.90 Å². The fraction of sp³-hybridized carbons (Fsp3) is 0.611. The lowest BCUT2D eigenvalue weighted by Crippen LogP contribution is -2.47. The van der Waals surface area contributed by atoms with Crippen molar-refractivity contribution in [1.29, 1.82) is 0 Å². The van der Waals surface area contributed by atoms with Crippen LogP contribution in [-0.4, -0.2) is 37.2 Å². The molecule has 0 bridgehead atoms. The van der Waals surface area contributed by atoms with Crippen molar-refractivity contribution in [2.24, 2.45) is 5.92 Å². The van der Waals surface area contributed by atoms with Crippen LogP contribution < -0.4 is 10.1 Å². The molecule has 4 nitrogen and oxygen atoms in total. The Morgan fingerprint density at radius 1 is 1.32 bits per heavy atom. The molecular weight excluding hydrogens is 276 g/mol. The summed E-state index contributed by atoms with van der Waals surface area (Å²) in [6.07, 6.45) is 4.81. The number of likely N-dealkylation sites (N-methyl/N-ethyl adjacent to an activating group) is 1. The molecule has 1 aromatic rings. The van der Waals surface area contributed by atoms with E-state index >= 15 is 0 Å². The topological polar surface area (TPSA) is 41.6 Å². The number of ether oxygens (including phenoxy) is 1. The molecule has 0 radical (unpaired) electrons. The van der Waals surface area contributed by atoms with Gasteiger partial charge in [-0.15, -0.1) is 0 Å². The second-order valence-electron chi connectivity index (χ2n) is 6.35. The van der Waals surface area contributed by atoms with Crippen LogP contribution in [-0.2, 0) is 0 Å². The molecule has 0 aromatic heterocycles. The molecule has 0 heterocycles. The molecule has 0 aliphatic heterocycles. The van der Waals surface area contributed by atoms with Gasteiger partial charge in [-0.1, -0.05) is 38.0 Å². The Morgan fingerprint density at radius 2 is 2.05 bits per heavy atom. The van der Waals surface area contributed by atoms with Crippen LogP contribution >= 0.6 is 0 Å². The van der Waals surface area contributed by atoms with Gasteiger partial charge in [0, 0.05) is 13.1 Å². The number of benzene rings is 1. The number of para-hydroxylation sites is 1. The maximum Gasteiger partial charge on any atom is 0.317 e. The normalized spacial score (nSPS) is 21.2. The second-order valence-corrected chi connectivity index (χ2v) is 6.35. The van der Waals surface area contributed by atoms with Crippen LogP contribution in [0.4, 0.5) is 4.79 Å². The average Bonchev–Trinajstić information content (AvgIpc) is 2.51. The molecule has 1 aliphatic carbocycles. The first-order valence-corrected chi connectivity index (χ1v) is 8.28. The van der Waals surface area contributed by atoms with Gasteiger partial charge in [0.15, 0.2) is 0 Å². The summed E-state index contributed by atoms with van der Waals surface area (Å²) >= 11 is 0. The fourth-order valence-electron chi connectivity index (χ4n) is 2.91. The molecule has 1 fully saturated rings. The summed E-state index contributed by atoms with van der Waals surface area (Å²) < 4.78 is 5.75. The minimum Gasteiger partial charge on any atom is -0.491 e. The van der Waals surface area contributed by atoms with Crippen molar-refractivity contribution in [3.63, 3.8) is 0 Å². The maximum atomic E-state index is 12.2. The lowest BCUT2D eigenvalue weighted by atomic mass is 9.86. The van der Waals surface area contributed by atoms with Gasteiger partial charge in [-0.2, -0.15) is 0 Å². The molecular formula is C18H28N2O2. The Labute approximate surface area is 133 Å². The van der Waals surface area contributed by atoms with Crippen LogP contribution in [0.25, 0.3) is 0 Å². The highest BCUT2D eigenvalue weighted by atomic mass is 16.5. The van der Waals surface area contributed by atoms with Gasteiger partial charge >= 0.3 is 6.03 Å². The highest BCUT2D eigenvalue weighted by Crippen LogP contribution is 2.23. The molecule has 0 saturated heterocycles. The Morgan fingerprint density at radius 3 is 2.77 bits per heavy atom. The van der Waals surface area contributed by atoms with E-state index in [9.17, 15) is 4.79 Å². The van der Waals surface area contributed by atoms with E-state index in [0.717, 1.165) is 17.7 Å². The van der Waals surface area contributed by atoms with Crippen molar-refractivity contribution < 1.29 is 9.53 Å². The monoisotopic (exact) mass is 304 g/mol. The van der Waals surface area contributed by atoms with Crippen molar-refractivity contribution in [2.45, 2.75) is 45.6 Å². The molecule has 4 heteroatoms. The number of hydrogen-bond acceptors (Lipinski definition) is 2. The standard InChI is InChI=1S/C18H28N2O2/c1-14-8-4-6-10-16(14)19-18(21)20(3)12-13-22-17-11-7-5-9-15(17)2/h5,7,9,11,14,16H,4,6,8,10,12-13H2,1-3H3,(H,19,21)/t14-,16+/m1/s1. The van der Waals surface area contributed by atoms with Gasteiger partial charge < -0.3 is 15.0 Å². The summed E-state index contributed by atoms with van der Waals surface area (Å²) in [5.41, 5.74) is 1.12. The number of nitrogens with one attached hydrogen (secondary N) is 1. The zero-order valence-corrected chi connectivity index (χ0v) is 14.0. The van der Waals surface area contributed by atoms with Crippen LogP contribution in [0.15, 0.2) is 24.3 Å². The summed E-state index contributed by atoms with van der Waals surface area (Å²) in [7, 11) is 1.82. The van der Waals surface area contributed by atoms with Crippen LogP contribution in [0.1, 0.15) is 38.2 Å². The smallest absolute Gasteiger partial charge is 0.317 e. The molecule has 1 N–H and O–H groups in total. The van der Waals surface area contributed by atoms with Gasteiger partial charge in [0.2, 0.25) is 0 Å². The lowest BCUT2D eigenvalue weighted by molar-refractivity contribution is 0.181. The van der Waals surface area contributed by atoms with E-state index in [4.69, 9.17) is 4.74 Å². The third-order valence-electron chi connectivity index (χ3n) is 4.54. The average molecular weight is 304 g/mol. The first kappa shape index (κ1) is 16.7. The van der Waals surface area contributed by atoms with Crippen molar-refractivity contribution in [3.05, 3.63) is 29.8 Å². The number of hydrogen-bond donors (Lipinski definition) is 1. The minimum atomic E-state index is 0.00661. The molecule has 2 rings (SSSR count). The summed E-state index contributed by atoms with van der Waals surface area (Å²) in [6, 6.07) is 8.26. The predicted molar refractivity (Wildman–Crippen MR) is 89.3 cm³/mol. The zero-order chi connectivity index (χ0) is 15.9. The number of carbonyl (C=O) groups is 1. The number of nitrogens with zero attached hydrogens (tertiary/aromatic N) is 1. The van der Waals surface area contributed by atoms with E-state index in [0.29, 0.717) is 25.1 Å². The summed E-state index contributed by atoms with van der Waals surface area (Å²) in [5, 5.41) is 3.16. The van der Waals surface area contributed by atoms with Crippen molar-refractivity contribution >= 4 is 6.03 Å². The third-order valence-corrected chi connectivity index (χ3v) is 4.54. The van der Waals surface area contributed by atoms with Crippen molar-refractivity contribution in [3.8, 4) is 5.75 Å². The van der Waals surface area contributed by atoms with Crippen LogP contribution in [0.5, 0.6) is 5.75 Å². The predicted octanol–water partition coefficient (Wildman–Crippen LogP) is 3.59. The minimum absolute atomic E-state index is 0.00661. The molecule has 22 heavy (non-hydrogen) atoms. The maximum absolute atomic E-state index is 12.2. The first-order valence-electron chi connectivity index (χ1n) is 8.28. The van der Waals surface area contributed by atoms with Gasteiger partial charge in [0.05, 0.1) is 6.54 Å².